The molecule has 0 radical (unpaired) electrons. The number of fused-ring (bicyclic) bond motifs is 2. The summed E-state index contributed by atoms with van der Waals surface area (Å²) in [4.78, 5) is 30.3. The van der Waals surface area contributed by atoms with Crippen LogP contribution < -0.4 is 14.5 Å². The molecule has 1 aromatic heterocycles. The van der Waals surface area contributed by atoms with Crippen molar-refractivity contribution in [3.05, 3.63) is 64.8 Å². The first kappa shape index (κ1) is 32.0. The van der Waals surface area contributed by atoms with E-state index in [2.05, 4.69) is 27.3 Å². The Hall–Kier alpha value is -4.01. The lowest BCUT2D eigenvalue weighted by Gasteiger charge is -2.42. The number of amides is 1. The first-order valence-corrected chi connectivity index (χ1v) is 16.4. The highest BCUT2D eigenvalue weighted by molar-refractivity contribution is 6.36. The largest absolute Gasteiger partial charge is 0.462 e. The molecule has 2 fully saturated rings. The minimum atomic E-state index is -1.04. The summed E-state index contributed by atoms with van der Waals surface area (Å²) >= 11 is 6.49. The van der Waals surface area contributed by atoms with E-state index in [0.29, 0.717) is 50.4 Å². The van der Waals surface area contributed by atoms with Crippen LogP contribution in [0.2, 0.25) is 5.02 Å². The third-order valence-corrected chi connectivity index (χ3v) is 9.59. The number of nitrogens with zero attached hydrogens (tertiary/aromatic N) is 7. The van der Waals surface area contributed by atoms with E-state index in [1.54, 1.807) is 6.07 Å². The second kappa shape index (κ2) is 14.2. The van der Waals surface area contributed by atoms with Crippen LogP contribution in [0.1, 0.15) is 43.4 Å². The Kier molecular flexibility index (Phi) is 9.85. The highest BCUT2D eigenvalue weighted by Gasteiger charge is 2.35. The number of carbonyl (C=O) groups excluding carboxylic acids is 1. The fourth-order valence-electron chi connectivity index (χ4n) is 6.85. The van der Waals surface area contributed by atoms with E-state index in [1.807, 2.05) is 18.2 Å². The van der Waals surface area contributed by atoms with Crippen LogP contribution in [0.15, 0.2) is 42.7 Å². The number of piperazine rings is 1. The van der Waals surface area contributed by atoms with Gasteiger partial charge in [-0.2, -0.15) is 15.2 Å². The van der Waals surface area contributed by atoms with E-state index in [0.717, 1.165) is 42.0 Å². The quantitative estimate of drug-likeness (QED) is 0.289. The van der Waals surface area contributed by atoms with Crippen molar-refractivity contribution in [3.8, 4) is 12.1 Å². The van der Waals surface area contributed by atoms with Crippen LogP contribution in [0, 0.1) is 17.1 Å². The molecule has 1 atom stereocenters. The van der Waals surface area contributed by atoms with E-state index in [1.165, 1.54) is 36.6 Å². The maximum Gasteiger partial charge on any atom is 0.318 e. The molecule has 3 aliphatic rings. The Labute approximate surface area is 273 Å². The van der Waals surface area contributed by atoms with Crippen molar-refractivity contribution in [2.24, 2.45) is 0 Å². The van der Waals surface area contributed by atoms with Gasteiger partial charge < -0.3 is 19.4 Å². The number of halogens is 3. The van der Waals surface area contributed by atoms with Gasteiger partial charge in [0.2, 0.25) is 0 Å². The van der Waals surface area contributed by atoms with Crippen LogP contribution in [0.5, 0.6) is 6.01 Å². The second-order valence-corrected chi connectivity index (χ2v) is 12.5. The van der Waals surface area contributed by atoms with Crippen LogP contribution >= 0.6 is 11.6 Å². The summed E-state index contributed by atoms with van der Waals surface area (Å²) in [6, 6.07) is 10.8. The zero-order valence-electron chi connectivity index (χ0n) is 25.9. The van der Waals surface area contributed by atoms with Gasteiger partial charge in [0.15, 0.2) is 5.83 Å². The maximum atomic E-state index is 14.6. The molecule has 0 unspecified atom stereocenters. The van der Waals surface area contributed by atoms with Gasteiger partial charge in [0.05, 0.1) is 35.8 Å². The van der Waals surface area contributed by atoms with Gasteiger partial charge in [0.1, 0.15) is 18.2 Å². The van der Waals surface area contributed by atoms with Crippen LogP contribution in [0.4, 0.5) is 20.3 Å². The summed E-state index contributed by atoms with van der Waals surface area (Å²) in [6.45, 7) is 8.49. The number of nitriles is 1. The van der Waals surface area contributed by atoms with E-state index in [-0.39, 0.29) is 24.0 Å². The molecule has 242 valence electrons. The maximum absolute atomic E-state index is 14.6. The molecule has 0 N–H and O–H groups in total. The molecule has 3 aromatic rings. The zero-order valence-corrected chi connectivity index (χ0v) is 26.6. The number of rotatable bonds is 8. The molecule has 2 aromatic carbocycles. The Balaban J connectivity index is 1.31. The van der Waals surface area contributed by atoms with Crippen LogP contribution in [-0.4, -0.2) is 84.1 Å². The topological polar surface area (TPSA) is 88.8 Å². The molecule has 2 saturated heterocycles. The Bertz CT molecular complexity index is 1660. The number of anilines is 2. The standard InChI is InChI=1S/C34H38ClF2N7O2/c1-23(36)33(45)44-18-17-43(21-25(44)11-13-38)32-26-12-16-42(29-8-6-7-24-9-10-27(37)31(35)30(24)29)22-28(26)39-34(40-32)46-20-19-41-14-4-2-3-5-15-41/h6-10,25H,1-5,11-12,14-22H2/t25-/m0/s1. The molecular weight excluding hydrogens is 612 g/mol. The number of carbonyl (C=O) groups is 1. The fraction of sp³-hybridized carbons (Fsp3) is 0.471. The van der Waals surface area contributed by atoms with Crippen LogP contribution in [0.3, 0.4) is 0 Å². The van der Waals surface area contributed by atoms with Crippen molar-refractivity contribution in [1.29, 1.82) is 5.26 Å². The first-order valence-electron chi connectivity index (χ1n) is 16.0. The minimum absolute atomic E-state index is 0.0498. The van der Waals surface area contributed by atoms with Crippen molar-refractivity contribution >= 4 is 39.8 Å². The number of likely N-dealkylation sites (tertiary alicyclic amines) is 1. The molecule has 9 nitrogen and oxygen atoms in total. The number of hydrogen-bond acceptors (Lipinski definition) is 8. The Morgan fingerprint density at radius 1 is 1.07 bits per heavy atom. The van der Waals surface area contributed by atoms with E-state index in [9.17, 15) is 18.8 Å². The van der Waals surface area contributed by atoms with Crippen molar-refractivity contribution in [3.63, 3.8) is 0 Å². The number of aromatic nitrogens is 2. The predicted octanol–water partition coefficient (Wildman–Crippen LogP) is 5.65. The summed E-state index contributed by atoms with van der Waals surface area (Å²) in [7, 11) is 0. The van der Waals surface area contributed by atoms with Gasteiger partial charge in [0, 0.05) is 49.4 Å². The van der Waals surface area contributed by atoms with Crippen molar-refractivity contribution < 1.29 is 18.3 Å². The van der Waals surface area contributed by atoms with E-state index < -0.39 is 23.6 Å². The number of benzene rings is 2. The Morgan fingerprint density at radius 3 is 2.63 bits per heavy atom. The van der Waals surface area contributed by atoms with Crippen LogP contribution in [-0.2, 0) is 17.8 Å². The average Bonchev–Trinajstić information content (AvgIpc) is 3.34. The first-order chi connectivity index (χ1) is 22.3. The fourth-order valence-corrected chi connectivity index (χ4v) is 7.12. The molecule has 0 bridgehead atoms. The molecule has 0 saturated carbocycles. The highest BCUT2D eigenvalue weighted by atomic mass is 35.5. The van der Waals surface area contributed by atoms with Crippen molar-refractivity contribution in [2.75, 3.05) is 62.2 Å². The smallest absolute Gasteiger partial charge is 0.318 e. The SMILES string of the molecule is C=C(F)C(=O)N1CCN(c2nc(OCCN3CCCCCC3)nc3c2CCN(c2cccc4ccc(F)c(Cl)c24)C3)C[C@@H]1CC#N. The van der Waals surface area contributed by atoms with E-state index in [4.69, 9.17) is 26.3 Å². The highest BCUT2D eigenvalue weighted by Crippen LogP contribution is 2.38. The zero-order chi connectivity index (χ0) is 32.2. The lowest BCUT2D eigenvalue weighted by molar-refractivity contribution is -0.131. The summed E-state index contributed by atoms with van der Waals surface area (Å²) < 4.78 is 34.6. The van der Waals surface area contributed by atoms with Gasteiger partial charge in [-0.1, -0.05) is 49.2 Å². The van der Waals surface area contributed by atoms with E-state index >= 15 is 0 Å². The second-order valence-electron chi connectivity index (χ2n) is 12.1. The van der Waals surface area contributed by atoms with Gasteiger partial charge in [-0.15, -0.1) is 0 Å². The number of hydrogen-bond donors (Lipinski definition) is 0. The monoisotopic (exact) mass is 649 g/mol. The molecule has 6 rings (SSSR count). The molecule has 46 heavy (non-hydrogen) atoms. The molecule has 1 amide bonds. The summed E-state index contributed by atoms with van der Waals surface area (Å²) in [5.74, 6) is -1.59. The molecule has 12 heteroatoms. The lowest BCUT2D eigenvalue weighted by Crippen LogP contribution is -2.55. The van der Waals surface area contributed by atoms with Gasteiger partial charge in [0.25, 0.3) is 5.91 Å². The predicted molar refractivity (Wildman–Crippen MR) is 174 cm³/mol. The molecule has 0 spiro atoms. The van der Waals surface area contributed by atoms with Crippen molar-refractivity contribution in [2.45, 2.75) is 51.1 Å². The summed E-state index contributed by atoms with van der Waals surface area (Å²) in [5, 5.41) is 11.1. The van der Waals surface area contributed by atoms with Gasteiger partial charge in [-0.05, 0) is 49.9 Å². The number of ether oxygens (including phenoxy) is 1. The third kappa shape index (κ3) is 6.74. The molecule has 3 aliphatic heterocycles. The Morgan fingerprint density at radius 2 is 1.87 bits per heavy atom. The summed E-state index contributed by atoms with van der Waals surface area (Å²) in [6.07, 6.45) is 5.53. The van der Waals surface area contributed by atoms with Crippen molar-refractivity contribution in [1.82, 2.24) is 19.8 Å². The summed E-state index contributed by atoms with van der Waals surface area (Å²) in [5.41, 5.74) is 2.57. The third-order valence-electron chi connectivity index (χ3n) is 9.22. The minimum Gasteiger partial charge on any atom is -0.462 e. The van der Waals surface area contributed by atoms with Crippen LogP contribution in [0.25, 0.3) is 10.8 Å². The molecular formula is C34H38ClF2N7O2. The average molecular weight is 650 g/mol. The molecule has 4 heterocycles. The lowest BCUT2D eigenvalue weighted by atomic mass is 10.0. The normalized spacial score (nSPS) is 19.0. The van der Waals surface area contributed by atoms with Gasteiger partial charge in [-0.3, -0.25) is 9.69 Å². The van der Waals surface area contributed by atoms with Gasteiger partial charge in [-0.25, -0.2) is 8.78 Å². The molecule has 0 aliphatic carbocycles. The van der Waals surface area contributed by atoms with Gasteiger partial charge >= 0.3 is 6.01 Å².